The molecule has 0 unspecified atom stereocenters. The number of carbonyl (C=O) groups is 1. The Morgan fingerprint density at radius 1 is 1.03 bits per heavy atom. The summed E-state index contributed by atoms with van der Waals surface area (Å²) in [4.78, 5) is 47.8. The second-order valence-electron chi connectivity index (χ2n) is 9.55. The van der Waals surface area contributed by atoms with E-state index in [-0.39, 0.29) is 18.3 Å². The summed E-state index contributed by atoms with van der Waals surface area (Å²) >= 11 is 0. The number of nitrogens with zero attached hydrogens (tertiary/aromatic N) is 2. The van der Waals surface area contributed by atoms with Crippen LogP contribution in [0.4, 0.5) is 4.79 Å². The van der Waals surface area contributed by atoms with Crippen molar-refractivity contribution in [3.05, 3.63) is 93.7 Å². The van der Waals surface area contributed by atoms with Crippen molar-refractivity contribution in [3.63, 3.8) is 0 Å². The first kappa shape index (κ1) is 26.8. The maximum atomic E-state index is 13.7. The molecule has 1 amide bonds. The average Bonchev–Trinajstić information content (AvgIpc) is 3.19. The second-order valence-corrected chi connectivity index (χ2v) is 9.55. The predicted molar refractivity (Wildman–Crippen MR) is 137 cm³/mol. The van der Waals surface area contributed by atoms with Gasteiger partial charge in [0.05, 0.1) is 5.69 Å². The molecule has 1 aromatic heterocycles. The highest BCUT2D eigenvalue weighted by Gasteiger charge is 2.46. The van der Waals surface area contributed by atoms with E-state index in [1.165, 1.54) is 0 Å². The van der Waals surface area contributed by atoms with Crippen molar-refractivity contribution in [3.8, 4) is 5.75 Å². The highest BCUT2D eigenvalue weighted by molar-refractivity contribution is 5.68. The van der Waals surface area contributed by atoms with Gasteiger partial charge in [0.1, 0.15) is 24.6 Å². The fourth-order valence-corrected chi connectivity index (χ4v) is 5.20. The second kappa shape index (κ2) is 12.3. The topological polar surface area (TPSA) is 117 Å². The van der Waals surface area contributed by atoms with Crippen molar-refractivity contribution < 1.29 is 23.9 Å². The molecule has 0 atom stereocenters. The maximum absolute atomic E-state index is 13.7. The molecule has 3 aliphatic rings. The summed E-state index contributed by atoms with van der Waals surface area (Å²) < 4.78 is 13.3. The summed E-state index contributed by atoms with van der Waals surface area (Å²) in [5.74, 6) is 1.31. The minimum absolute atomic E-state index is 0.166. The Bertz CT molecular complexity index is 1330. The van der Waals surface area contributed by atoms with Crippen LogP contribution in [0.1, 0.15) is 55.3 Å². The fourth-order valence-electron chi connectivity index (χ4n) is 5.20. The normalized spacial score (nSPS) is 19.1. The van der Waals surface area contributed by atoms with Crippen LogP contribution in [0, 0.1) is 5.92 Å². The van der Waals surface area contributed by atoms with Crippen LogP contribution in [0.5, 0.6) is 5.75 Å². The summed E-state index contributed by atoms with van der Waals surface area (Å²) in [6.07, 6.45) is 3.63. The van der Waals surface area contributed by atoms with E-state index in [0.717, 1.165) is 36.8 Å². The molecular weight excluding hydrogens is 486 g/mol. The molecule has 1 fully saturated rings. The third-order valence-corrected chi connectivity index (χ3v) is 7.14. The SMILES string of the molecule is CCc1nc2n(c(=O)c1OCc1ccccc1)CC1CCC2(NC(=O)OCc2ccccc2)CC1.O=C=O. The van der Waals surface area contributed by atoms with Crippen LogP contribution in [-0.2, 0) is 46.0 Å². The lowest BCUT2D eigenvalue weighted by Gasteiger charge is -2.36. The van der Waals surface area contributed by atoms with Gasteiger partial charge >= 0.3 is 12.2 Å². The van der Waals surface area contributed by atoms with Gasteiger partial charge in [-0.3, -0.25) is 9.36 Å². The van der Waals surface area contributed by atoms with Crippen LogP contribution >= 0.6 is 0 Å². The highest BCUT2D eigenvalue weighted by atomic mass is 16.5. The summed E-state index contributed by atoms with van der Waals surface area (Å²) in [5.41, 5.74) is 1.66. The Hall–Kier alpha value is -4.23. The highest BCUT2D eigenvalue weighted by Crippen LogP contribution is 2.43. The van der Waals surface area contributed by atoms with Crippen LogP contribution in [-0.4, -0.2) is 21.8 Å². The number of benzene rings is 2. The summed E-state index contributed by atoms with van der Waals surface area (Å²) in [6.45, 7) is 3.06. The van der Waals surface area contributed by atoms with Crippen molar-refractivity contribution in [1.82, 2.24) is 14.9 Å². The molecule has 1 aliphatic carbocycles. The van der Waals surface area contributed by atoms with Crippen LogP contribution in [0.3, 0.4) is 0 Å². The first-order valence-electron chi connectivity index (χ1n) is 12.8. The minimum Gasteiger partial charge on any atom is -0.482 e. The number of ether oxygens (including phenoxy) is 2. The number of hydrogen-bond donors (Lipinski definition) is 1. The van der Waals surface area contributed by atoms with E-state index in [1.807, 2.05) is 67.6 Å². The number of fused-ring (bicyclic) bond motifs is 2. The first-order chi connectivity index (χ1) is 18.5. The van der Waals surface area contributed by atoms with Crippen LogP contribution in [0.2, 0.25) is 0 Å². The molecule has 2 aliphatic heterocycles. The smallest absolute Gasteiger partial charge is 0.408 e. The summed E-state index contributed by atoms with van der Waals surface area (Å²) in [7, 11) is 0. The number of rotatable bonds is 7. The Morgan fingerprint density at radius 2 is 1.61 bits per heavy atom. The van der Waals surface area contributed by atoms with E-state index < -0.39 is 11.6 Å². The molecule has 1 N–H and O–H groups in total. The van der Waals surface area contributed by atoms with E-state index in [0.29, 0.717) is 42.8 Å². The molecular formula is C29H31N3O6. The maximum Gasteiger partial charge on any atom is 0.408 e. The lowest BCUT2D eigenvalue weighted by atomic mass is 9.77. The molecule has 1 saturated carbocycles. The van der Waals surface area contributed by atoms with E-state index in [9.17, 15) is 9.59 Å². The molecule has 9 nitrogen and oxygen atoms in total. The van der Waals surface area contributed by atoms with Gasteiger partial charge in [-0.25, -0.2) is 9.78 Å². The van der Waals surface area contributed by atoms with Gasteiger partial charge in [-0.05, 0) is 49.1 Å². The average molecular weight is 518 g/mol. The van der Waals surface area contributed by atoms with Crippen molar-refractivity contribution in [2.24, 2.45) is 5.92 Å². The largest absolute Gasteiger partial charge is 0.482 e. The number of aromatic nitrogens is 2. The standard InChI is InChI=1S/C28H31N3O4.CO2/c1-2-23-24(34-18-21-9-5-3-6-10-21)25(32)31-17-20-13-15-28(16-14-20,26(31)29-23)30-27(33)35-19-22-11-7-4-8-12-22;2-1-3/h3-12,20H,2,13-19H2,1H3,(H,30,33);. The fraction of sp³-hybridized carbons (Fsp3) is 0.379. The zero-order chi connectivity index (χ0) is 27.0. The third kappa shape index (κ3) is 6.01. The van der Waals surface area contributed by atoms with Gasteiger partial charge in [0.15, 0.2) is 0 Å². The number of hydrogen-bond acceptors (Lipinski definition) is 7. The minimum atomic E-state index is -0.720. The van der Waals surface area contributed by atoms with Gasteiger partial charge in [0.2, 0.25) is 5.75 Å². The quantitative estimate of drug-likeness (QED) is 0.501. The predicted octanol–water partition coefficient (Wildman–Crippen LogP) is 4.13. The molecule has 38 heavy (non-hydrogen) atoms. The molecule has 6 rings (SSSR count). The van der Waals surface area contributed by atoms with Crippen molar-refractivity contribution in [2.45, 2.75) is 64.3 Å². The lowest BCUT2D eigenvalue weighted by Crippen LogP contribution is -2.49. The molecule has 3 heterocycles. The Morgan fingerprint density at radius 3 is 2.18 bits per heavy atom. The monoisotopic (exact) mass is 517 g/mol. The molecule has 0 radical (unpaired) electrons. The Balaban J connectivity index is 0.00000107. The number of nitrogens with one attached hydrogen (secondary N) is 1. The molecule has 2 aromatic carbocycles. The lowest BCUT2D eigenvalue weighted by molar-refractivity contribution is -0.191. The molecule has 0 saturated heterocycles. The van der Waals surface area contributed by atoms with E-state index in [2.05, 4.69) is 5.32 Å². The zero-order valence-electron chi connectivity index (χ0n) is 21.4. The van der Waals surface area contributed by atoms with Crippen molar-refractivity contribution in [1.29, 1.82) is 0 Å². The molecule has 2 bridgehead atoms. The van der Waals surface area contributed by atoms with Gasteiger partial charge in [-0.1, -0.05) is 67.6 Å². The Kier molecular flexibility index (Phi) is 8.71. The molecule has 0 spiro atoms. The molecule has 3 aromatic rings. The van der Waals surface area contributed by atoms with Gasteiger partial charge < -0.3 is 14.8 Å². The van der Waals surface area contributed by atoms with Crippen molar-refractivity contribution >= 4 is 12.2 Å². The van der Waals surface area contributed by atoms with E-state index >= 15 is 0 Å². The van der Waals surface area contributed by atoms with Gasteiger partial charge in [0.25, 0.3) is 5.56 Å². The number of aryl methyl sites for hydroxylation is 1. The first-order valence-corrected chi connectivity index (χ1v) is 12.8. The van der Waals surface area contributed by atoms with Crippen molar-refractivity contribution in [2.75, 3.05) is 0 Å². The molecule has 9 heteroatoms. The summed E-state index contributed by atoms with van der Waals surface area (Å²) in [6, 6.07) is 19.4. The zero-order valence-corrected chi connectivity index (χ0v) is 21.4. The summed E-state index contributed by atoms with van der Waals surface area (Å²) in [5, 5.41) is 3.12. The van der Waals surface area contributed by atoms with Crippen LogP contribution in [0.15, 0.2) is 65.5 Å². The number of alkyl carbamates (subject to hydrolysis) is 1. The van der Waals surface area contributed by atoms with Crippen LogP contribution < -0.4 is 15.6 Å². The third-order valence-electron chi connectivity index (χ3n) is 7.14. The number of carbonyl (C=O) groups excluding carboxylic acids is 3. The van der Waals surface area contributed by atoms with Gasteiger partial charge in [-0.2, -0.15) is 9.59 Å². The van der Waals surface area contributed by atoms with E-state index in [1.54, 1.807) is 4.57 Å². The van der Waals surface area contributed by atoms with Gasteiger partial charge in [0, 0.05) is 6.54 Å². The van der Waals surface area contributed by atoms with Gasteiger partial charge in [-0.15, -0.1) is 0 Å². The Labute approximate surface area is 220 Å². The molecule has 198 valence electrons. The van der Waals surface area contributed by atoms with Crippen LogP contribution in [0.25, 0.3) is 0 Å². The number of amides is 1. The van der Waals surface area contributed by atoms with E-state index in [4.69, 9.17) is 24.0 Å².